The number of carbonyl (C=O) groups is 2. The third-order valence-electron chi connectivity index (χ3n) is 4.80. The number of anilines is 1. The molecule has 1 aliphatic rings. The molecular weight excluding hydrogens is 400 g/mol. The van der Waals surface area contributed by atoms with Crippen molar-refractivity contribution in [2.24, 2.45) is 5.92 Å². The average molecular weight is 425 g/mol. The van der Waals surface area contributed by atoms with Crippen molar-refractivity contribution in [2.75, 3.05) is 18.5 Å². The summed E-state index contributed by atoms with van der Waals surface area (Å²) in [5, 5.41) is 15.7. The highest BCUT2D eigenvalue weighted by Crippen LogP contribution is 2.39. The van der Waals surface area contributed by atoms with E-state index in [0.717, 1.165) is 41.7 Å². The molecule has 2 N–H and O–H groups in total. The quantitative estimate of drug-likeness (QED) is 0.656. The van der Waals surface area contributed by atoms with E-state index in [1.54, 1.807) is 24.5 Å². The van der Waals surface area contributed by atoms with Gasteiger partial charge in [0.1, 0.15) is 11.1 Å². The number of fused-ring (bicyclic) bond motifs is 1. The van der Waals surface area contributed by atoms with Crippen LogP contribution in [0.1, 0.15) is 41.3 Å². The lowest BCUT2D eigenvalue weighted by Crippen LogP contribution is -2.28. The van der Waals surface area contributed by atoms with Crippen molar-refractivity contribution in [3.63, 3.8) is 0 Å². The molecule has 0 saturated heterocycles. The Morgan fingerprint density at radius 1 is 1.47 bits per heavy atom. The Bertz CT molecular complexity index is 963. The summed E-state index contributed by atoms with van der Waals surface area (Å²) in [4.78, 5) is 29.0. The summed E-state index contributed by atoms with van der Waals surface area (Å²) >= 11 is 1.43. The minimum Gasteiger partial charge on any atom is -0.449 e. The van der Waals surface area contributed by atoms with Gasteiger partial charge in [0.2, 0.25) is 5.91 Å². The Labute approximate surface area is 179 Å². The first-order chi connectivity index (χ1) is 14.6. The van der Waals surface area contributed by atoms with E-state index in [4.69, 9.17) is 4.74 Å². The number of nitrogens with zero attached hydrogens (tertiary/aromatic N) is 2. The molecule has 156 valence electrons. The number of pyridine rings is 1. The second kappa shape index (κ2) is 10.6. The lowest BCUT2D eigenvalue weighted by molar-refractivity contribution is -0.111. The highest BCUT2D eigenvalue weighted by Gasteiger charge is 2.27. The van der Waals surface area contributed by atoms with Crippen LogP contribution in [0, 0.1) is 17.2 Å². The van der Waals surface area contributed by atoms with Gasteiger partial charge in [0.25, 0.3) is 0 Å². The summed E-state index contributed by atoms with van der Waals surface area (Å²) in [7, 11) is 0. The molecule has 2 amide bonds. The second-order valence-corrected chi connectivity index (χ2v) is 8.17. The van der Waals surface area contributed by atoms with Crippen molar-refractivity contribution in [3.05, 3.63) is 52.2 Å². The van der Waals surface area contributed by atoms with Crippen LogP contribution in [0.15, 0.2) is 30.6 Å². The highest BCUT2D eigenvalue weighted by atomic mass is 32.1. The molecule has 30 heavy (non-hydrogen) atoms. The molecule has 1 unspecified atom stereocenters. The smallest absolute Gasteiger partial charge is 0.407 e. The molecule has 0 aliphatic heterocycles. The predicted octanol–water partition coefficient (Wildman–Crippen LogP) is 3.91. The van der Waals surface area contributed by atoms with Crippen LogP contribution < -0.4 is 10.6 Å². The minimum absolute atomic E-state index is 0.212. The van der Waals surface area contributed by atoms with E-state index in [2.05, 4.69) is 21.7 Å². The van der Waals surface area contributed by atoms with Gasteiger partial charge in [-0.1, -0.05) is 13.0 Å². The number of amides is 2. The predicted molar refractivity (Wildman–Crippen MR) is 116 cm³/mol. The summed E-state index contributed by atoms with van der Waals surface area (Å²) < 4.78 is 5.31. The fourth-order valence-electron chi connectivity index (χ4n) is 3.27. The maximum atomic E-state index is 12.3. The molecule has 8 heteroatoms. The highest BCUT2D eigenvalue weighted by molar-refractivity contribution is 7.16. The van der Waals surface area contributed by atoms with Crippen molar-refractivity contribution < 1.29 is 14.3 Å². The molecule has 0 saturated carbocycles. The largest absolute Gasteiger partial charge is 0.449 e. The van der Waals surface area contributed by atoms with E-state index in [0.29, 0.717) is 23.7 Å². The number of aromatic nitrogens is 1. The van der Waals surface area contributed by atoms with Crippen LogP contribution in [0.5, 0.6) is 0 Å². The number of carbonyl (C=O) groups excluding carboxylic acids is 2. The Hall–Kier alpha value is -3.18. The van der Waals surface area contributed by atoms with Crippen LogP contribution in [-0.2, 0) is 22.4 Å². The Morgan fingerprint density at radius 3 is 3.07 bits per heavy atom. The molecule has 0 fully saturated rings. The first-order valence-corrected chi connectivity index (χ1v) is 10.8. The van der Waals surface area contributed by atoms with Gasteiger partial charge in [0, 0.05) is 29.9 Å². The van der Waals surface area contributed by atoms with E-state index in [-0.39, 0.29) is 17.9 Å². The van der Waals surface area contributed by atoms with E-state index < -0.39 is 0 Å². The number of hydrogen-bond acceptors (Lipinski definition) is 6. The average Bonchev–Trinajstić information content (AvgIpc) is 3.11. The minimum atomic E-state index is -0.389. The Kier molecular flexibility index (Phi) is 7.57. The zero-order valence-electron chi connectivity index (χ0n) is 16.8. The lowest BCUT2D eigenvalue weighted by Gasteiger charge is -2.21. The van der Waals surface area contributed by atoms with Gasteiger partial charge >= 0.3 is 6.09 Å². The van der Waals surface area contributed by atoms with Crippen LogP contribution in [0.3, 0.4) is 0 Å². The van der Waals surface area contributed by atoms with Gasteiger partial charge in [-0.2, -0.15) is 5.26 Å². The SMILES string of the molecule is CCCNC(=O)OCC1CCc2c(sc(NC(=O)/C=C/c3cccnc3)c2C#N)C1. The molecule has 1 aliphatic carbocycles. The van der Waals surface area contributed by atoms with Crippen molar-refractivity contribution in [1.82, 2.24) is 10.3 Å². The van der Waals surface area contributed by atoms with Crippen molar-refractivity contribution in [2.45, 2.75) is 32.6 Å². The zero-order valence-corrected chi connectivity index (χ0v) is 17.6. The van der Waals surface area contributed by atoms with Gasteiger partial charge in [-0.3, -0.25) is 9.78 Å². The van der Waals surface area contributed by atoms with Gasteiger partial charge in [0.15, 0.2) is 0 Å². The number of hydrogen-bond donors (Lipinski definition) is 2. The number of nitrogens with one attached hydrogen (secondary N) is 2. The van der Waals surface area contributed by atoms with Crippen molar-refractivity contribution >= 4 is 34.4 Å². The molecule has 0 aromatic carbocycles. The third-order valence-corrected chi connectivity index (χ3v) is 5.97. The van der Waals surface area contributed by atoms with E-state index in [9.17, 15) is 14.9 Å². The normalized spacial score (nSPS) is 15.3. The van der Waals surface area contributed by atoms with Gasteiger partial charge in [-0.15, -0.1) is 11.3 Å². The number of nitriles is 1. The fraction of sp³-hybridized carbons (Fsp3) is 0.364. The molecule has 2 aromatic rings. The molecule has 0 spiro atoms. The zero-order chi connectivity index (χ0) is 21.3. The van der Waals surface area contributed by atoms with Gasteiger partial charge in [0.05, 0.1) is 12.2 Å². The molecule has 7 nitrogen and oxygen atoms in total. The molecular formula is C22H24N4O3S. The van der Waals surface area contributed by atoms with Crippen molar-refractivity contribution in [1.29, 1.82) is 5.26 Å². The number of ether oxygens (including phenoxy) is 1. The summed E-state index contributed by atoms with van der Waals surface area (Å²) in [5.41, 5.74) is 2.36. The topological polar surface area (TPSA) is 104 Å². The first-order valence-electron chi connectivity index (χ1n) is 9.95. The first kappa shape index (κ1) is 21.5. The third kappa shape index (κ3) is 5.67. The monoisotopic (exact) mass is 424 g/mol. The molecule has 1 atom stereocenters. The van der Waals surface area contributed by atoms with Crippen LogP contribution in [0.2, 0.25) is 0 Å². The van der Waals surface area contributed by atoms with Crippen LogP contribution >= 0.6 is 11.3 Å². The summed E-state index contributed by atoms with van der Waals surface area (Å²) in [5.74, 6) is -0.0782. The summed E-state index contributed by atoms with van der Waals surface area (Å²) in [6.07, 6.45) is 9.23. The Balaban J connectivity index is 1.62. The van der Waals surface area contributed by atoms with E-state index >= 15 is 0 Å². The molecule has 2 heterocycles. The number of rotatable bonds is 7. The molecule has 2 aromatic heterocycles. The van der Waals surface area contributed by atoms with Crippen LogP contribution in [-0.4, -0.2) is 30.1 Å². The molecule has 0 bridgehead atoms. The maximum Gasteiger partial charge on any atom is 0.407 e. The van der Waals surface area contributed by atoms with Gasteiger partial charge in [-0.05, 0) is 54.9 Å². The second-order valence-electron chi connectivity index (χ2n) is 7.06. The lowest BCUT2D eigenvalue weighted by atomic mass is 9.88. The van der Waals surface area contributed by atoms with Crippen LogP contribution in [0.25, 0.3) is 6.08 Å². The number of alkyl carbamates (subject to hydrolysis) is 1. The maximum absolute atomic E-state index is 12.3. The molecule has 3 rings (SSSR count). The van der Waals surface area contributed by atoms with E-state index in [1.807, 2.05) is 13.0 Å². The Morgan fingerprint density at radius 2 is 2.33 bits per heavy atom. The van der Waals surface area contributed by atoms with Gasteiger partial charge in [-0.25, -0.2) is 4.79 Å². The van der Waals surface area contributed by atoms with Gasteiger partial charge < -0.3 is 15.4 Å². The van der Waals surface area contributed by atoms with Crippen molar-refractivity contribution in [3.8, 4) is 6.07 Å². The molecule has 0 radical (unpaired) electrons. The van der Waals surface area contributed by atoms with Crippen LogP contribution in [0.4, 0.5) is 9.80 Å². The number of thiophene rings is 1. The standard InChI is InChI=1S/C22H24N4O3S/c1-2-9-25-22(28)29-14-16-5-7-17-18(12-23)21(30-19(17)11-16)26-20(27)8-6-15-4-3-10-24-13-15/h3-4,6,8,10,13,16H,2,5,7,9,11,14H2,1H3,(H,25,28)(H,26,27)/b8-6+. The summed E-state index contributed by atoms with van der Waals surface area (Å²) in [6.45, 7) is 2.93. The fourth-order valence-corrected chi connectivity index (χ4v) is 4.59. The van der Waals surface area contributed by atoms with E-state index in [1.165, 1.54) is 17.4 Å². The summed E-state index contributed by atoms with van der Waals surface area (Å²) in [6, 6.07) is 5.89.